The van der Waals surface area contributed by atoms with Crippen molar-refractivity contribution in [3.63, 3.8) is 0 Å². The number of carbonyl (C=O) groups is 2. The molecule has 2 amide bonds. The van der Waals surface area contributed by atoms with Crippen molar-refractivity contribution in [1.82, 2.24) is 14.8 Å². The van der Waals surface area contributed by atoms with Gasteiger partial charge in [-0.1, -0.05) is 0 Å². The molecule has 1 N–H and O–H groups in total. The van der Waals surface area contributed by atoms with E-state index in [0.717, 1.165) is 0 Å². The van der Waals surface area contributed by atoms with Crippen molar-refractivity contribution < 1.29 is 9.59 Å². The third-order valence-corrected chi connectivity index (χ3v) is 2.84. The molecule has 86 valence electrons. The van der Waals surface area contributed by atoms with Crippen LogP contribution in [0.2, 0.25) is 0 Å². The molecule has 0 atom stereocenters. The Kier molecular flexibility index (Phi) is 2.94. The average molecular weight is 221 g/mol. The van der Waals surface area contributed by atoms with Crippen LogP contribution < -0.4 is 0 Å². The predicted octanol–water partition coefficient (Wildman–Crippen LogP) is 0.319. The van der Waals surface area contributed by atoms with Crippen LogP contribution in [-0.2, 0) is 4.79 Å². The summed E-state index contributed by atoms with van der Waals surface area (Å²) >= 11 is 0. The summed E-state index contributed by atoms with van der Waals surface area (Å²) in [7, 11) is 0. The van der Waals surface area contributed by atoms with Gasteiger partial charge in [-0.3, -0.25) is 9.59 Å². The lowest BCUT2D eigenvalue weighted by Gasteiger charge is -2.33. The molecule has 0 bridgehead atoms. The Morgan fingerprint density at radius 1 is 1.19 bits per heavy atom. The number of piperazine rings is 1. The van der Waals surface area contributed by atoms with Crippen molar-refractivity contribution in [2.24, 2.45) is 0 Å². The fourth-order valence-corrected chi connectivity index (χ4v) is 1.86. The van der Waals surface area contributed by atoms with Gasteiger partial charge in [0.05, 0.1) is 0 Å². The highest BCUT2D eigenvalue weighted by Gasteiger charge is 2.23. The third kappa shape index (κ3) is 2.08. The summed E-state index contributed by atoms with van der Waals surface area (Å²) in [6, 6.07) is 3.57. The zero-order valence-corrected chi connectivity index (χ0v) is 9.27. The number of nitrogens with zero attached hydrogens (tertiary/aromatic N) is 2. The zero-order valence-electron chi connectivity index (χ0n) is 9.27. The number of hydrogen-bond donors (Lipinski definition) is 1. The quantitative estimate of drug-likeness (QED) is 0.742. The van der Waals surface area contributed by atoms with Gasteiger partial charge in [0.1, 0.15) is 5.69 Å². The van der Waals surface area contributed by atoms with E-state index in [1.807, 2.05) is 0 Å². The van der Waals surface area contributed by atoms with Crippen LogP contribution in [0.25, 0.3) is 0 Å². The molecule has 1 aromatic heterocycles. The Bertz CT molecular complexity index is 378. The first-order chi connectivity index (χ1) is 7.68. The molecule has 0 saturated carbocycles. The fraction of sp³-hybridized carbons (Fsp3) is 0.455. The van der Waals surface area contributed by atoms with Crippen LogP contribution in [0.15, 0.2) is 18.3 Å². The fourth-order valence-electron chi connectivity index (χ4n) is 1.86. The largest absolute Gasteiger partial charge is 0.357 e. The minimum atomic E-state index is 0.00759. The van der Waals surface area contributed by atoms with Crippen LogP contribution >= 0.6 is 0 Å². The summed E-state index contributed by atoms with van der Waals surface area (Å²) in [5.74, 6) is 0.0835. The number of aromatic amines is 1. The van der Waals surface area contributed by atoms with Gasteiger partial charge < -0.3 is 14.8 Å². The lowest BCUT2D eigenvalue weighted by atomic mass is 10.3. The van der Waals surface area contributed by atoms with Gasteiger partial charge in [-0.2, -0.15) is 0 Å². The molecule has 1 fully saturated rings. The van der Waals surface area contributed by atoms with Gasteiger partial charge in [0, 0.05) is 39.3 Å². The molecular weight excluding hydrogens is 206 g/mol. The van der Waals surface area contributed by atoms with Crippen molar-refractivity contribution in [3.8, 4) is 0 Å². The summed E-state index contributed by atoms with van der Waals surface area (Å²) in [5.41, 5.74) is 0.608. The molecule has 2 heterocycles. The number of carbonyl (C=O) groups excluding carboxylic acids is 2. The summed E-state index contributed by atoms with van der Waals surface area (Å²) in [6.45, 7) is 4.03. The summed E-state index contributed by atoms with van der Waals surface area (Å²) < 4.78 is 0. The normalized spacial score (nSPS) is 16.3. The molecular formula is C11H15N3O2. The van der Waals surface area contributed by atoms with E-state index in [0.29, 0.717) is 31.9 Å². The van der Waals surface area contributed by atoms with Crippen molar-refractivity contribution in [1.29, 1.82) is 0 Å². The molecule has 1 aliphatic rings. The molecule has 0 unspecified atom stereocenters. The summed E-state index contributed by atoms with van der Waals surface area (Å²) in [5, 5.41) is 0. The predicted molar refractivity (Wildman–Crippen MR) is 59.0 cm³/mol. The minimum absolute atomic E-state index is 0.00759. The smallest absolute Gasteiger partial charge is 0.270 e. The average Bonchev–Trinajstić information content (AvgIpc) is 2.81. The van der Waals surface area contributed by atoms with E-state index >= 15 is 0 Å². The molecule has 5 heteroatoms. The monoisotopic (exact) mass is 221 g/mol. The molecule has 1 saturated heterocycles. The first-order valence-corrected chi connectivity index (χ1v) is 5.36. The van der Waals surface area contributed by atoms with Crippen LogP contribution in [-0.4, -0.2) is 52.8 Å². The highest BCUT2D eigenvalue weighted by molar-refractivity contribution is 5.92. The van der Waals surface area contributed by atoms with Crippen LogP contribution in [0.5, 0.6) is 0 Å². The molecule has 0 spiro atoms. The van der Waals surface area contributed by atoms with E-state index in [-0.39, 0.29) is 11.8 Å². The van der Waals surface area contributed by atoms with Gasteiger partial charge in [-0.25, -0.2) is 0 Å². The number of nitrogens with one attached hydrogen (secondary N) is 1. The first-order valence-electron chi connectivity index (χ1n) is 5.36. The summed E-state index contributed by atoms with van der Waals surface area (Å²) in [6.07, 6.45) is 1.74. The van der Waals surface area contributed by atoms with Gasteiger partial charge >= 0.3 is 0 Å². The highest BCUT2D eigenvalue weighted by Crippen LogP contribution is 2.07. The second kappa shape index (κ2) is 4.38. The highest BCUT2D eigenvalue weighted by atomic mass is 16.2. The Morgan fingerprint density at radius 3 is 2.31 bits per heavy atom. The summed E-state index contributed by atoms with van der Waals surface area (Å²) in [4.78, 5) is 29.5. The van der Waals surface area contributed by atoms with E-state index in [1.54, 1.807) is 35.1 Å². The van der Waals surface area contributed by atoms with Crippen LogP contribution in [0.3, 0.4) is 0 Å². The van der Waals surface area contributed by atoms with Crippen LogP contribution in [0, 0.1) is 0 Å². The first kappa shape index (κ1) is 10.7. The van der Waals surface area contributed by atoms with Crippen molar-refractivity contribution in [2.45, 2.75) is 6.92 Å². The van der Waals surface area contributed by atoms with Crippen molar-refractivity contribution in [3.05, 3.63) is 24.0 Å². The Morgan fingerprint density at radius 2 is 1.81 bits per heavy atom. The molecule has 1 aliphatic heterocycles. The van der Waals surface area contributed by atoms with Crippen LogP contribution in [0.4, 0.5) is 0 Å². The van der Waals surface area contributed by atoms with Crippen molar-refractivity contribution >= 4 is 11.8 Å². The lowest BCUT2D eigenvalue weighted by Crippen LogP contribution is -2.50. The maximum absolute atomic E-state index is 11.9. The Labute approximate surface area is 94.0 Å². The number of H-pyrrole nitrogens is 1. The number of rotatable bonds is 1. The lowest BCUT2D eigenvalue weighted by molar-refractivity contribution is -0.130. The maximum Gasteiger partial charge on any atom is 0.270 e. The Balaban J connectivity index is 1.94. The van der Waals surface area contributed by atoms with Gasteiger partial charge in [-0.15, -0.1) is 0 Å². The molecule has 5 nitrogen and oxygen atoms in total. The molecule has 2 rings (SSSR count). The van der Waals surface area contributed by atoms with E-state index in [9.17, 15) is 9.59 Å². The topological polar surface area (TPSA) is 56.4 Å². The number of aromatic nitrogens is 1. The van der Waals surface area contributed by atoms with E-state index in [2.05, 4.69) is 4.98 Å². The van der Waals surface area contributed by atoms with Crippen LogP contribution in [0.1, 0.15) is 17.4 Å². The molecule has 0 radical (unpaired) electrons. The zero-order chi connectivity index (χ0) is 11.5. The standard InChI is InChI=1S/C11H15N3O2/c1-9(15)13-5-7-14(8-6-13)11(16)10-3-2-4-12-10/h2-4,12H,5-8H2,1H3. The second-order valence-corrected chi connectivity index (χ2v) is 3.88. The minimum Gasteiger partial charge on any atom is -0.357 e. The van der Waals surface area contributed by atoms with E-state index in [1.165, 1.54) is 0 Å². The molecule has 1 aromatic rings. The molecule has 0 aliphatic carbocycles. The van der Waals surface area contributed by atoms with Gasteiger partial charge in [0.2, 0.25) is 5.91 Å². The Hall–Kier alpha value is -1.78. The number of amides is 2. The third-order valence-electron chi connectivity index (χ3n) is 2.84. The second-order valence-electron chi connectivity index (χ2n) is 3.88. The molecule has 16 heavy (non-hydrogen) atoms. The van der Waals surface area contributed by atoms with Crippen molar-refractivity contribution in [2.75, 3.05) is 26.2 Å². The maximum atomic E-state index is 11.9. The van der Waals surface area contributed by atoms with E-state index in [4.69, 9.17) is 0 Å². The SMILES string of the molecule is CC(=O)N1CCN(C(=O)c2ccc[nH]2)CC1. The van der Waals surface area contributed by atoms with Gasteiger partial charge in [-0.05, 0) is 12.1 Å². The van der Waals surface area contributed by atoms with E-state index < -0.39 is 0 Å². The molecule has 0 aromatic carbocycles. The number of hydrogen-bond acceptors (Lipinski definition) is 2. The van der Waals surface area contributed by atoms with Gasteiger partial charge in [0.25, 0.3) is 5.91 Å². The van der Waals surface area contributed by atoms with Gasteiger partial charge in [0.15, 0.2) is 0 Å².